The molecule has 1 aromatic rings. The maximum absolute atomic E-state index is 12.4. The van der Waals surface area contributed by atoms with Gasteiger partial charge in [0, 0.05) is 11.0 Å². The molecule has 1 aliphatic rings. The van der Waals surface area contributed by atoms with Gasteiger partial charge in [-0.1, -0.05) is 28.1 Å². The van der Waals surface area contributed by atoms with Crippen molar-refractivity contribution in [1.29, 1.82) is 0 Å². The van der Waals surface area contributed by atoms with Crippen LogP contribution in [0.5, 0.6) is 0 Å². The fourth-order valence-corrected chi connectivity index (χ4v) is 2.55. The first-order valence-electron chi connectivity index (χ1n) is 6.52. The number of benzene rings is 1. The van der Waals surface area contributed by atoms with E-state index in [0.717, 1.165) is 16.5 Å². The molecule has 0 saturated heterocycles. The van der Waals surface area contributed by atoms with Crippen LogP contribution in [0, 0.1) is 0 Å². The van der Waals surface area contributed by atoms with Gasteiger partial charge < -0.3 is 16.4 Å². The highest BCUT2D eigenvalue weighted by atomic mass is 79.9. The van der Waals surface area contributed by atoms with E-state index in [1.807, 2.05) is 24.3 Å². The minimum absolute atomic E-state index is 0.103. The Morgan fingerprint density at radius 1 is 1.25 bits per heavy atom. The molecule has 0 heterocycles. The van der Waals surface area contributed by atoms with Crippen LogP contribution >= 0.6 is 15.9 Å². The number of primary amides is 1. The minimum Gasteiger partial charge on any atom is -0.368 e. The van der Waals surface area contributed by atoms with Gasteiger partial charge in [-0.05, 0) is 37.0 Å². The highest BCUT2D eigenvalue weighted by Crippen LogP contribution is 2.31. The third-order valence-corrected chi connectivity index (χ3v) is 4.12. The van der Waals surface area contributed by atoms with Crippen molar-refractivity contribution in [3.05, 3.63) is 34.3 Å². The molecule has 0 aliphatic heterocycles. The van der Waals surface area contributed by atoms with Gasteiger partial charge in [0.2, 0.25) is 11.8 Å². The van der Waals surface area contributed by atoms with E-state index in [9.17, 15) is 9.59 Å². The molecular formula is C14H18BrN3O2. The first-order chi connectivity index (χ1) is 9.40. The molecule has 2 amide bonds. The summed E-state index contributed by atoms with van der Waals surface area (Å²) < 4.78 is 0.961. The van der Waals surface area contributed by atoms with Crippen molar-refractivity contribution in [1.82, 2.24) is 4.90 Å². The summed E-state index contributed by atoms with van der Waals surface area (Å²) in [4.78, 5) is 25.1. The summed E-state index contributed by atoms with van der Waals surface area (Å²) in [6, 6.07) is 7.58. The highest BCUT2D eigenvalue weighted by molar-refractivity contribution is 9.10. The highest BCUT2D eigenvalue weighted by Gasteiger charge is 2.42. The third-order valence-electron chi connectivity index (χ3n) is 3.59. The first kappa shape index (κ1) is 15.0. The zero-order valence-corrected chi connectivity index (χ0v) is 12.7. The van der Waals surface area contributed by atoms with E-state index in [1.54, 1.807) is 0 Å². The largest absolute Gasteiger partial charge is 0.368 e. The van der Waals surface area contributed by atoms with Crippen molar-refractivity contribution >= 4 is 27.7 Å². The van der Waals surface area contributed by atoms with E-state index in [1.165, 1.54) is 4.90 Å². The number of halogens is 1. The molecule has 108 valence electrons. The standard InChI is InChI=1S/C14H18BrN3O2/c15-11-4-2-10(3-5-11)8-18(9-12(16)19)13(20)14(17)6-1-7-14/h2-5H,1,6-9,17H2,(H2,16,19). The predicted octanol–water partition coefficient (Wildman–Crippen LogP) is 1.14. The van der Waals surface area contributed by atoms with Crippen LogP contribution in [-0.4, -0.2) is 28.8 Å². The Kier molecular flexibility index (Phi) is 4.45. The smallest absolute Gasteiger partial charge is 0.243 e. The van der Waals surface area contributed by atoms with Crippen LogP contribution in [0.2, 0.25) is 0 Å². The van der Waals surface area contributed by atoms with Gasteiger partial charge in [-0.15, -0.1) is 0 Å². The summed E-state index contributed by atoms with van der Waals surface area (Å²) >= 11 is 3.36. The lowest BCUT2D eigenvalue weighted by atomic mass is 9.76. The SMILES string of the molecule is NC(=O)CN(Cc1ccc(Br)cc1)C(=O)C1(N)CCC1. The van der Waals surface area contributed by atoms with E-state index in [2.05, 4.69) is 15.9 Å². The minimum atomic E-state index is -0.815. The van der Waals surface area contributed by atoms with Crippen LogP contribution in [0.4, 0.5) is 0 Å². The van der Waals surface area contributed by atoms with Gasteiger partial charge in [-0.3, -0.25) is 9.59 Å². The van der Waals surface area contributed by atoms with E-state index >= 15 is 0 Å². The summed E-state index contributed by atoms with van der Waals surface area (Å²) in [7, 11) is 0. The van der Waals surface area contributed by atoms with Gasteiger partial charge >= 0.3 is 0 Å². The number of nitrogens with two attached hydrogens (primary N) is 2. The zero-order chi connectivity index (χ0) is 14.8. The molecular weight excluding hydrogens is 322 g/mol. The number of amides is 2. The van der Waals surface area contributed by atoms with E-state index < -0.39 is 11.4 Å². The molecule has 1 aromatic carbocycles. The zero-order valence-electron chi connectivity index (χ0n) is 11.1. The van der Waals surface area contributed by atoms with Crippen LogP contribution in [0.3, 0.4) is 0 Å². The normalized spacial score (nSPS) is 16.3. The van der Waals surface area contributed by atoms with Gasteiger partial charge in [0.15, 0.2) is 0 Å². The predicted molar refractivity (Wildman–Crippen MR) is 79.5 cm³/mol. The van der Waals surface area contributed by atoms with Crippen molar-refractivity contribution in [2.45, 2.75) is 31.3 Å². The van der Waals surface area contributed by atoms with Gasteiger partial charge in [-0.25, -0.2) is 0 Å². The Morgan fingerprint density at radius 3 is 2.30 bits per heavy atom. The summed E-state index contributed by atoms with van der Waals surface area (Å²) in [6.07, 6.45) is 2.29. The molecule has 0 radical (unpaired) electrons. The molecule has 1 aliphatic carbocycles. The number of hydrogen-bond donors (Lipinski definition) is 2. The van der Waals surface area contributed by atoms with Gasteiger partial charge in [0.1, 0.15) is 0 Å². The lowest BCUT2D eigenvalue weighted by Crippen LogP contribution is -2.60. The maximum Gasteiger partial charge on any atom is 0.243 e. The van der Waals surface area contributed by atoms with Gasteiger partial charge in [-0.2, -0.15) is 0 Å². The monoisotopic (exact) mass is 339 g/mol. The molecule has 0 bridgehead atoms. The molecule has 0 unspecified atom stereocenters. The Morgan fingerprint density at radius 2 is 1.85 bits per heavy atom. The van der Waals surface area contributed by atoms with Crippen LogP contribution in [0.25, 0.3) is 0 Å². The van der Waals surface area contributed by atoms with Crippen LogP contribution in [0.1, 0.15) is 24.8 Å². The Labute approximate surface area is 126 Å². The fraction of sp³-hybridized carbons (Fsp3) is 0.429. The number of carbonyl (C=O) groups excluding carboxylic acids is 2. The molecule has 0 spiro atoms. The van der Waals surface area contributed by atoms with Gasteiger partial charge in [0.25, 0.3) is 0 Å². The molecule has 2 rings (SSSR count). The summed E-state index contributed by atoms with van der Waals surface area (Å²) in [5.74, 6) is -0.719. The van der Waals surface area contributed by atoms with Crippen molar-refractivity contribution in [2.75, 3.05) is 6.54 Å². The Balaban J connectivity index is 2.12. The van der Waals surface area contributed by atoms with Gasteiger partial charge in [0.05, 0.1) is 12.1 Å². The first-order valence-corrected chi connectivity index (χ1v) is 7.31. The quantitative estimate of drug-likeness (QED) is 0.842. The molecule has 5 nitrogen and oxygen atoms in total. The molecule has 0 aromatic heterocycles. The lowest BCUT2D eigenvalue weighted by Gasteiger charge is -2.40. The molecule has 0 atom stereocenters. The number of carbonyl (C=O) groups is 2. The third kappa shape index (κ3) is 3.37. The molecule has 1 fully saturated rings. The number of rotatable bonds is 5. The molecule has 1 saturated carbocycles. The summed E-state index contributed by atoms with van der Waals surface area (Å²) in [6.45, 7) is 0.238. The maximum atomic E-state index is 12.4. The van der Waals surface area contributed by atoms with Crippen molar-refractivity contribution in [2.24, 2.45) is 11.5 Å². The summed E-state index contributed by atoms with van der Waals surface area (Å²) in [5.41, 5.74) is 11.4. The average Bonchev–Trinajstić information content (AvgIpc) is 2.36. The topological polar surface area (TPSA) is 89.4 Å². The second-order valence-corrected chi connectivity index (χ2v) is 6.18. The van der Waals surface area contributed by atoms with E-state index in [0.29, 0.717) is 19.4 Å². The fourth-order valence-electron chi connectivity index (χ4n) is 2.28. The number of nitrogens with zero attached hydrogens (tertiary/aromatic N) is 1. The lowest BCUT2D eigenvalue weighted by molar-refractivity contribution is -0.143. The van der Waals surface area contributed by atoms with Crippen LogP contribution in [-0.2, 0) is 16.1 Å². The second-order valence-electron chi connectivity index (χ2n) is 5.26. The Bertz CT molecular complexity index is 512. The van der Waals surface area contributed by atoms with E-state index in [4.69, 9.17) is 11.5 Å². The Hall–Kier alpha value is -1.40. The molecule has 20 heavy (non-hydrogen) atoms. The van der Waals surface area contributed by atoms with Crippen molar-refractivity contribution in [3.8, 4) is 0 Å². The second kappa shape index (κ2) is 5.93. The number of hydrogen-bond acceptors (Lipinski definition) is 3. The van der Waals surface area contributed by atoms with Crippen molar-refractivity contribution in [3.63, 3.8) is 0 Å². The molecule has 4 N–H and O–H groups in total. The van der Waals surface area contributed by atoms with Crippen LogP contribution in [0.15, 0.2) is 28.7 Å². The van der Waals surface area contributed by atoms with Crippen LogP contribution < -0.4 is 11.5 Å². The molecule has 6 heteroatoms. The summed E-state index contributed by atoms with van der Waals surface area (Å²) in [5, 5.41) is 0. The van der Waals surface area contributed by atoms with E-state index in [-0.39, 0.29) is 12.5 Å². The van der Waals surface area contributed by atoms with Crippen molar-refractivity contribution < 1.29 is 9.59 Å². The average molecular weight is 340 g/mol.